The van der Waals surface area contributed by atoms with Gasteiger partial charge in [0, 0.05) is 30.9 Å². The Hall–Kier alpha value is -5.01. The zero-order valence-electron chi connectivity index (χ0n) is 26.1. The lowest BCUT2D eigenvalue weighted by atomic mass is 10.0. The Morgan fingerprint density at radius 2 is 1.74 bits per heavy atom. The summed E-state index contributed by atoms with van der Waals surface area (Å²) in [5, 5.41) is 10.8. The van der Waals surface area contributed by atoms with Crippen LogP contribution in [0, 0.1) is 0 Å². The first-order valence-corrected chi connectivity index (χ1v) is 15.5. The first kappa shape index (κ1) is 30.6. The maximum atomic E-state index is 14.0. The van der Waals surface area contributed by atoms with Gasteiger partial charge in [0.15, 0.2) is 17.2 Å². The average Bonchev–Trinajstić information content (AvgIpc) is 3.73. The fourth-order valence-corrected chi connectivity index (χ4v) is 6.48. The summed E-state index contributed by atoms with van der Waals surface area (Å²) < 4.78 is 48.1. The number of imidazole rings is 1. The third-order valence-electron chi connectivity index (χ3n) is 8.55. The Kier molecular flexibility index (Phi) is 7.60. The highest BCUT2D eigenvalue weighted by Gasteiger charge is 2.42. The molecule has 0 bridgehead atoms. The van der Waals surface area contributed by atoms with E-state index in [-0.39, 0.29) is 42.0 Å². The van der Waals surface area contributed by atoms with Crippen molar-refractivity contribution < 1.29 is 37.4 Å². The van der Waals surface area contributed by atoms with Crippen LogP contribution in [-0.4, -0.2) is 79.0 Å². The van der Waals surface area contributed by atoms with E-state index in [9.17, 15) is 23.5 Å². The van der Waals surface area contributed by atoms with Crippen molar-refractivity contribution >= 4 is 51.0 Å². The van der Waals surface area contributed by atoms with Gasteiger partial charge >= 0.3 is 12.1 Å². The number of hydrogen-bond acceptors (Lipinski definition) is 9. The minimum atomic E-state index is -2.98. The summed E-state index contributed by atoms with van der Waals surface area (Å²) in [7, 11) is 0. The van der Waals surface area contributed by atoms with Gasteiger partial charge in [0.25, 0.3) is 12.4 Å². The minimum absolute atomic E-state index is 0.0250. The van der Waals surface area contributed by atoms with Crippen LogP contribution in [0.4, 0.5) is 19.4 Å². The zero-order valence-corrected chi connectivity index (χ0v) is 26.1. The van der Waals surface area contributed by atoms with Crippen molar-refractivity contribution in [1.82, 2.24) is 24.4 Å². The number of furan rings is 1. The molecule has 0 saturated carbocycles. The van der Waals surface area contributed by atoms with E-state index in [1.807, 2.05) is 49.6 Å². The van der Waals surface area contributed by atoms with Gasteiger partial charge in [-0.25, -0.2) is 28.3 Å². The fraction of sp³-hybridized carbons (Fsp3) is 0.424. The number of ether oxygens (including phenoxy) is 2. The molecule has 5 heterocycles. The summed E-state index contributed by atoms with van der Waals surface area (Å²) in [5.41, 5.74) is 1.71. The van der Waals surface area contributed by atoms with E-state index in [0.717, 1.165) is 5.52 Å². The van der Waals surface area contributed by atoms with Crippen LogP contribution in [0.5, 0.6) is 6.01 Å². The molecule has 3 aromatic heterocycles. The molecule has 2 aromatic carbocycles. The number of carbonyl (C=O) groups excluding carboxylic acids is 1. The molecule has 7 rings (SSSR count). The molecule has 0 aliphatic carbocycles. The lowest BCUT2D eigenvalue weighted by Gasteiger charge is -2.34. The molecule has 1 N–H and O–H groups in total. The van der Waals surface area contributed by atoms with Gasteiger partial charge in [-0.05, 0) is 57.9 Å². The number of carboxylic acid groups (broad SMARTS) is 1. The highest BCUT2D eigenvalue weighted by molar-refractivity contribution is 6.06. The van der Waals surface area contributed by atoms with Crippen molar-refractivity contribution in [2.75, 3.05) is 24.5 Å². The summed E-state index contributed by atoms with van der Waals surface area (Å²) in [6.45, 7) is 6.50. The Labute approximate surface area is 267 Å². The molecule has 2 atom stereocenters. The SMILES string of the molecule is CC(C)(C)OC(=O)N1CCC(n2c(O[C@H]3C[C@@H](C(=O)O)N(c4nc(C(F)F)nc5c4oc4ccccc45)C3)nc3ccccc32)CC1. The molecular weight excluding hydrogens is 614 g/mol. The van der Waals surface area contributed by atoms with E-state index in [0.29, 0.717) is 48.4 Å². The van der Waals surface area contributed by atoms with Crippen LogP contribution >= 0.6 is 0 Å². The molecule has 2 saturated heterocycles. The second-order valence-corrected chi connectivity index (χ2v) is 12.9. The van der Waals surface area contributed by atoms with Gasteiger partial charge in [0.2, 0.25) is 0 Å². The third kappa shape index (κ3) is 5.76. The van der Waals surface area contributed by atoms with Crippen LogP contribution in [0.15, 0.2) is 52.9 Å². The number of halogens is 2. The fourth-order valence-electron chi connectivity index (χ4n) is 6.48. The quantitative estimate of drug-likeness (QED) is 0.222. The first-order valence-electron chi connectivity index (χ1n) is 15.5. The largest absolute Gasteiger partial charge is 0.480 e. The number of carboxylic acids is 1. The molecule has 5 aromatic rings. The number of alkyl halides is 2. The normalized spacial score (nSPS) is 19.4. The van der Waals surface area contributed by atoms with E-state index >= 15 is 0 Å². The van der Waals surface area contributed by atoms with Gasteiger partial charge in [-0.2, -0.15) is 4.98 Å². The maximum Gasteiger partial charge on any atom is 0.410 e. The molecule has 0 radical (unpaired) electrons. The molecule has 2 aliphatic heterocycles. The van der Waals surface area contributed by atoms with Crippen molar-refractivity contribution in [2.24, 2.45) is 0 Å². The van der Waals surface area contributed by atoms with Crippen molar-refractivity contribution in [3.05, 3.63) is 54.4 Å². The highest BCUT2D eigenvalue weighted by atomic mass is 19.3. The van der Waals surface area contributed by atoms with Crippen molar-refractivity contribution in [3.8, 4) is 6.01 Å². The van der Waals surface area contributed by atoms with Gasteiger partial charge in [0.1, 0.15) is 28.8 Å². The molecule has 14 heteroatoms. The lowest BCUT2D eigenvalue weighted by Crippen LogP contribution is -2.42. The molecule has 0 unspecified atom stereocenters. The number of benzene rings is 2. The van der Waals surface area contributed by atoms with Gasteiger partial charge < -0.3 is 28.8 Å². The number of carbonyl (C=O) groups is 2. The van der Waals surface area contributed by atoms with Crippen LogP contribution in [0.2, 0.25) is 0 Å². The van der Waals surface area contributed by atoms with Crippen molar-refractivity contribution in [1.29, 1.82) is 0 Å². The number of nitrogens with zero attached hydrogens (tertiary/aromatic N) is 6. The summed E-state index contributed by atoms with van der Waals surface area (Å²) in [6.07, 6.45) is -2.69. The lowest BCUT2D eigenvalue weighted by molar-refractivity contribution is -0.138. The number of anilines is 1. The van der Waals surface area contributed by atoms with Crippen LogP contribution < -0.4 is 9.64 Å². The van der Waals surface area contributed by atoms with Gasteiger partial charge in [-0.3, -0.25) is 4.57 Å². The van der Waals surface area contributed by atoms with Crippen LogP contribution in [0.3, 0.4) is 0 Å². The topological polar surface area (TPSA) is 136 Å². The molecule has 1 amide bonds. The second-order valence-electron chi connectivity index (χ2n) is 12.9. The molecule has 0 spiro atoms. The smallest absolute Gasteiger partial charge is 0.410 e. The summed E-state index contributed by atoms with van der Waals surface area (Å²) in [6, 6.07) is 13.6. The number of aromatic nitrogens is 4. The molecule has 2 fully saturated rings. The predicted molar refractivity (Wildman–Crippen MR) is 168 cm³/mol. The minimum Gasteiger partial charge on any atom is -0.480 e. The Bertz CT molecular complexity index is 1980. The molecule has 2 aliphatic rings. The third-order valence-corrected chi connectivity index (χ3v) is 8.55. The number of fused-ring (bicyclic) bond motifs is 4. The van der Waals surface area contributed by atoms with E-state index in [1.54, 1.807) is 29.2 Å². The first-order chi connectivity index (χ1) is 22.5. The van der Waals surface area contributed by atoms with Crippen molar-refractivity contribution in [2.45, 2.75) is 70.2 Å². The van der Waals surface area contributed by atoms with Crippen LogP contribution in [0.1, 0.15) is 58.3 Å². The Morgan fingerprint density at radius 3 is 2.47 bits per heavy atom. The van der Waals surface area contributed by atoms with Gasteiger partial charge in [0.05, 0.1) is 17.6 Å². The Morgan fingerprint density at radius 1 is 1.02 bits per heavy atom. The summed E-state index contributed by atoms with van der Waals surface area (Å²) in [5.74, 6) is -1.89. The number of hydrogen-bond donors (Lipinski definition) is 1. The van der Waals surface area contributed by atoms with E-state index in [1.165, 1.54) is 4.90 Å². The number of likely N-dealkylation sites (tertiary alicyclic amines) is 1. The Balaban J connectivity index is 1.19. The van der Waals surface area contributed by atoms with Gasteiger partial charge in [-0.1, -0.05) is 24.3 Å². The average molecular weight is 649 g/mol. The van der Waals surface area contributed by atoms with Gasteiger partial charge in [-0.15, -0.1) is 0 Å². The number of aliphatic carboxylic acids is 1. The molecule has 47 heavy (non-hydrogen) atoms. The number of piperidine rings is 1. The standard InChI is InChI=1S/C33H34F2N6O6/c1-33(2,3)47-32(44)39-14-12-18(13-15-39)41-22-10-6-5-9-21(22)36-31(41)45-19-16-23(30(42)43)40(17-19)29-26-25(37-28(38-29)27(34)35)20-8-4-7-11-24(20)46-26/h4-11,18-19,23,27H,12-17H2,1-3H3,(H,42,43)/t19-,23-/m0/s1. The predicted octanol–water partition coefficient (Wildman–Crippen LogP) is 6.35. The highest BCUT2D eigenvalue weighted by Crippen LogP contribution is 2.39. The van der Waals surface area contributed by atoms with E-state index < -0.39 is 36.0 Å². The number of amides is 1. The molecule has 246 valence electrons. The second kappa shape index (κ2) is 11.7. The van der Waals surface area contributed by atoms with Crippen molar-refractivity contribution in [3.63, 3.8) is 0 Å². The summed E-state index contributed by atoms with van der Waals surface area (Å²) in [4.78, 5) is 41.3. The number of para-hydroxylation sites is 3. The van der Waals surface area contributed by atoms with Crippen LogP contribution in [0.25, 0.3) is 33.1 Å². The summed E-state index contributed by atoms with van der Waals surface area (Å²) >= 11 is 0. The van der Waals surface area contributed by atoms with Crippen LogP contribution in [-0.2, 0) is 9.53 Å². The maximum absolute atomic E-state index is 14.0. The zero-order chi connectivity index (χ0) is 33.0. The molecule has 12 nitrogen and oxygen atoms in total. The van der Waals surface area contributed by atoms with E-state index in [4.69, 9.17) is 18.9 Å². The monoisotopic (exact) mass is 648 g/mol. The van der Waals surface area contributed by atoms with E-state index in [2.05, 4.69) is 9.97 Å². The number of rotatable bonds is 6. The molecular formula is C33H34F2N6O6.